The zero-order chi connectivity index (χ0) is 23.1. The van der Waals surface area contributed by atoms with Gasteiger partial charge in [0.2, 0.25) is 11.8 Å². The van der Waals surface area contributed by atoms with Gasteiger partial charge in [-0.3, -0.25) is 14.4 Å². The summed E-state index contributed by atoms with van der Waals surface area (Å²) >= 11 is 0.906. The summed E-state index contributed by atoms with van der Waals surface area (Å²) in [7, 11) is 0. The minimum absolute atomic E-state index is 0.170. The molecule has 0 aliphatic heterocycles. The van der Waals surface area contributed by atoms with Crippen molar-refractivity contribution in [2.45, 2.75) is 25.2 Å². The fourth-order valence-corrected chi connectivity index (χ4v) is 3.44. The van der Waals surface area contributed by atoms with Crippen molar-refractivity contribution in [1.29, 1.82) is 0 Å². The molecule has 0 atom stereocenters. The minimum atomic E-state index is -1.71. The van der Waals surface area contributed by atoms with Gasteiger partial charge >= 0.3 is 0 Å². The number of hydrogen-bond donors (Lipinski definition) is 1. The molecule has 0 bridgehead atoms. The molecule has 10 heteroatoms. The van der Waals surface area contributed by atoms with Crippen LogP contribution in [0.15, 0.2) is 35.2 Å². The molecule has 0 unspecified atom stereocenters. The topological polar surface area (TPSA) is 66.5 Å². The lowest BCUT2D eigenvalue weighted by Crippen LogP contribution is -2.39. The molecular weight excluding hydrogens is 436 g/mol. The number of halogens is 4. The van der Waals surface area contributed by atoms with Crippen LogP contribution in [0.5, 0.6) is 0 Å². The molecule has 31 heavy (non-hydrogen) atoms. The van der Waals surface area contributed by atoms with Crippen LogP contribution in [-0.2, 0) is 9.59 Å². The normalized spacial score (nSPS) is 10.6. The number of anilines is 1. The van der Waals surface area contributed by atoms with Gasteiger partial charge in [-0.15, -0.1) is 11.8 Å². The Kier molecular flexibility index (Phi) is 8.61. The van der Waals surface area contributed by atoms with Crippen molar-refractivity contribution in [2.24, 2.45) is 0 Å². The van der Waals surface area contributed by atoms with Gasteiger partial charge in [-0.1, -0.05) is 13.0 Å². The molecule has 0 radical (unpaired) electrons. The average Bonchev–Trinajstić information content (AvgIpc) is 2.72. The number of ketones is 1. The standard InChI is InChI=1S/C21H20F4N2O3S/c1-3-8-27(10-18(29)26-16-6-5-14(22)20(24)21(16)25)19(30)11-31-17-7-4-13(12(2)28)9-15(17)23/h4-7,9H,3,8,10-11H2,1-2H3,(H,26,29). The van der Waals surface area contributed by atoms with E-state index in [0.29, 0.717) is 12.5 Å². The third kappa shape index (κ3) is 6.55. The van der Waals surface area contributed by atoms with Gasteiger partial charge in [-0.2, -0.15) is 0 Å². The number of rotatable bonds is 9. The van der Waals surface area contributed by atoms with Crippen molar-refractivity contribution < 1.29 is 31.9 Å². The quantitative estimate of drug-likeness (QED) is 0.263. The van der Waals surface area contributed by atoms with Crippen molar-refractivity contribution in [3.63, 3.8) is 0 Å². The summed E-state index contributed by atoms with van der Waals surface area (Å²) in [6.45, 7) is 2.85. The Morgan fingerprint density at radius 1 is 1.00 bits per heavy atom. The first kappa shape index (κ1) is 24.4. The maximum Gasteiger partial charge on any atom is 0.244 e. The SMILES string of the molecule is CCCN(CC(=O)Nc1ccc(F)c(F)c1F)C(=O)CSc1ccc(C(C)=O)cc1F. The summed E-state index contributed by atoms with van der Waals surface area (Å²) in [6, 6.07) is 5.48. The molecule has 2 aromatic carbocycles. The maximum absolute atomic E-state index is 14.1. The van der Waals surface area contributed by atoms with Crippen LogP contribution in [0.2, 0.25) is 0 Å². The largest absolute Gasteiger partial charge is 0.333 e. The Morgan fingerprint density at radius 3 is 2.32 bits per heavy atom. The Hall–Kier alpha value is -2.88. The van der Waals surface area contributed by atoms with E-state index in [9.17, 15) is 31.9 Å². The van der Waals surface area contributed by atoms with Crippen LogP contribution in [0.4, 0.5) is 23.2 Å². The molecule has 1 N–H and O–H groups in total. The second-order valence-corrected chi connectivity index (χ2v) is 7.59. The van der Waals surface area contributed by atoms with Crippen LogP contribution in [-0.4, -0.2) is 41.3 Å². The van der Waals surface area contributed by atoms with Crippen molar-refractivity contribution in [3.8, 4) is 0 Å². The number of benzene rings is 2. The van der Waals surface area contributed by atoms with E-state index in [1.54, 1.807) is 6.92 Å². The van der Waals surface area contributed by atoms with E-state index in [4.69, 9.17) is 0 Å². The highest BCUT2D eigenvalue weighted by atomic mass is 32.2. The minimum Gasteiger partial charge on any atom is -0.333 e. The zero-order valence-corrected chi connectivity index (χ0v) is 17.6. The van der Waals surface area contributed by atoms with E-state index < -0.39 is 47.3 Å². The van der Waals surface area contributed by atoms with Crippen LogP contribution in [0, 0.1) is 23.3 Å². The molecule has 2 rings (SSSR count). The first-order valence-electron chi connectivity index (χ1n) is 9.28. The van der Waals surface area contributed by atoms with E-state index in [1.807, 2.05) is 0 Å². The predicted molar refractivity (Wildman–Crippen MR) is 109 cm³/mol. The van der Waals surface area contributed by atoms with Gasteiger partial charge in [0.1, 0.15) is 5.82 Å². The fourth-order valence-electron chi connectivity index (χ4n) is 2.62. The van der Waals surface area contributed by atoms with Crippen LogP contribution in [0.25, 0.3) is 0 Å². The Balaban J connectivity index is 2.01. The number of nitrogens with one attached hydrogen (secondary N) is 1. The summed E-state index contributed by atoms with van der Waals surface area (Å²) in [5, 5.41) is 2.11. The molecule has 0 aliphatic carbocycles. The molecule has 0 fully saturated rings. The Bertz CT molecular complexity index is 1000. The fraction of sp³-hybridized carbons (Fsp3) is 0.286. The van der Waals surface area contributed by atoms with Crippen molar-refractivity contribution >= 4 is 35.0 Å². The molecule has 5 nitrogen and oxygen atoms in total. The first-order chi connectivity index (χ1) is 14.6. The van der Waals surface area contributed by atoms with E-state index in [1.165, 1.54) is 24.0 Å². The second-order valence-electron chi connectivity index (χ2n) is 6.58. The lowest BCUT2D eigenvalue weighted by Gasteiger charge is -2.21. The molecule has 0 saturated carbocycles. The Labute approximate surface area is 180 Å². The first-order valence-corrected chi connectivity index (χ1v) is 10.3. The summed E-state index contributed by atoms with van der Waals surface area (Å²) in [6.07, 6.45) is 0.519. The molecule has 0 spiro atoms. The molecule has 0 aliphatic rings. The van der Waals surface area contributed by atoms with Crippen LogP contribution in [0.1, 0.15) is 30.6 Å². The monoisotopic (exact) mass is 456 g/mol. The molecule has 2 aromatic rings. The van der Waals surface area contributed by atoms with Gasteiger partial charge in [0, 0.05) is 17.0 Å². The number of thioether (sulfide) groups is 1. The summed E-state index contributed by atoms with van der Waals surface area (Å²) < 4.78 is 54.1. The summed E-state index contributed by atoms with van der Waals surface area (Å²) in [5.74, 6) is -7.02. The number of hydrogen-bond acceptors (Lipinski definition) is 4. The van der Waals surface area contributed by atoms with Crippen LogP contribution >= 0.6 is 11.8 Å². The average molecular weight is 456 g/mol. The highest BCUT2D eigenvalue weighted by Gasteiger charge is 2.20. The maximum atomic E-state index is 14.1. The van der Waals surface area contributed by atoms with Crippen molar-refractivity contribution in [3.05, 3.63) is 59.2 Å². The Morgan fingerprint density at radius 2 is 1.71 bits per heavy atom. The van der Waals surface area contributed by atoms with Crippen LogP contribution < -0.4 is 5.32 Å². The van der Waals surface area contributed by atoms with E-state index >= 15 is 0 Å². The zero-order valence-electron chi connectivity index (χ0n) is 16.8. The predicted octanol–water partition coefficient (Wildman–Crippen LogP) is 4.42. The van der Waals surface area contributed by atoms with Crippen molar-refractivity contribution in [1.82, 2.24) is 4.90 Å². The molecule has 0 aromatic heterocycles. The smallest absolute Gasteiger partial charge is 0.244 e. The third-order valence-electron chi connectivity index (χ3n) is 4.18. The van der Waals surface area contributed by atoms with Gasteiger partial charge in [0.05, 0.1) is 18.0 Å². The third-order valence-corrected chi connectivity index (χ3v) is 5.21. The number of nitrogens with zero attached hydrogens (tertiary/aromatic N) is 1. The lowest BCUT2D eigenvalue weighted by atomic mass is 10.1. The van der Waals surface area contributed by atoms with Crippen molar-refractivity contribution in [2.75, 3.05) is 24.2 Å². The van der Waals surface area contributed by atoms with E-state index in [0.717, 1.165) is 23.9 Å². The highest BCUT2D eigenvalue weighted by molar-refractivity contribution is 8.00. The number of carbonyl (C=O) groups excluding carboxylic acids is 3. The van der Waals surface area contributed by atoms with Gasteiger partial charge in [-0.25, -0.2) is 17.6 Å². The number of Topliss-reactive ketones (excluding diaryl/α,β-unsaturated/α-hetero) is 1. The summed E-state index contributed by atoms with van der Waals surface area (Å²) in [5.41, 5.74) is -0.336. The number of carbonyl (C=O) groups is 3. The van der Waals surface area contributed by atoms with E-state index in [-0.39, 0.29) is 28.5 Å². The van der Waals surface area contributed by atoms with Gasteiger partial charge < -0.3 is 10.2 Å². The van der Waals surface area contributed by atoms with Gasteiger partial charge in [0.25, 0.3) is 0 Å². The van der Waals surface area contributed by atoms with Gasteiger partial charge in [0.15, 0.2) is 23.2 Å². The molecule has 0 saturated heterocycles. The number of amides is 2. The second kappa shape index (κ2) is 10.9. The van der Waals surface area contributed by atoms with Gasteiger partial charge in [-0.05, 0) is 37.6 Å². The molecule has 2 amide bonds. The highest BCUT2D eigenvalue weighted by Crippen LogP contribution is 2.24. The molecule has 166 valence electrons. The molecular formula is C21H20F4N2O3S. The molecule has 0 heterocycles. The summed E-state index contributed by atoms with van der Waals surface area (Å²) in [4.78, 5) is 37.4. The lowest BCUT2D eigenvalue weighted by molar-refractivity contribution is -0.132. The van der Waals surface area contributed by atoms with E-state index in [2.05, 4.69) is 5.32 Å². The van der Waals surface area contributed by atoms with Crippen LogP contribution in [0.3, 0.4) is 0 Å².